The Morgan fingerprint density at radius 2 is 2.00 bits per heavy atom. The minimum absolute atomic E-state index is 0.215. The molecule has 0 unspecified atom stereocenters. The molecule has 3 aromatic rings. The Bertz CT molecular complexity index is 1270. The van der Waals surface area contributed by atoms with Crippen LogP contribution in [0.2, 0.25) is 0 Å². The van der Waals surface area contributed by atoms with E-state index in [0.717, 1.165) is 17.7 Å². The molecule has 2 aliphatic heterocycles. The summed E-state index contributed by atoms with van der Waals surface area (Å²) in [5.74, 6) is -0.268. The van der Waals surface area contributed by atoms with Crippen molar-refractivity contribution in [1.29, 1.82) is 0 Å². The summed E-state index contributed by atoms with van der Waals surface area (Å²) in [5, 5.41) is 3.34. The number of anilines is 1. The first-order valence-electron chi connectivity index (χ1n) is 11.7. The summed E-state index contributed by atoms with van der Waals surface area (Å²) in [6.45, 7) is 4.08. The smallest absolute Gasteiger partial charge is 0.409 e. The molecule has 1 saturated heterocycles. The lowest BCUT2D eigenvalue weighted by Crippen LogP contribution is -2.45. The Morgan fingerprint density at radius 1 is 1.23 bits per heavy atom. The predicted octanol–water partition coefficient (Wildman–Crippen LogP) is 4.34. The van der Waals surface area contributed by atoms with Crippen molar-refractivity contribution in [3.8, 4) is 11.3 Å². The molecule has 5 rings (SSSR count). The van der Waals surface area contributed by atoms with Crippen LogP contribution in [0.1, 0.15) is 35.4 Å². The number of benzene rings is 2. The van der Waals surface area contributed by atoms with E-state index in [1.54, 1.807) is 24.1 Å². The molecule has 2 atom stereocenters. The molecular weight excluding hydrogens is 453 g/mol. The van der Waals surface area contributed by atoms with E-state index >= 15 is 0 Å². The zero-order valence-electron chi connectivity index (χ0n) is 20.0. The Labute approximate surface area is 202 Å². The SMILES string of the molecule is CNC(=O)c1c(-c2ccc(F)cc2)oc2cc3c(cc12)[C@H](C)O[C@H](CN1CCCOC1=O)CN3C. The lowest BCUT2D eigenvalue weighted by molar-refractivity contribution is -0.0196. The fourth-order valence-corrected chi connectivity index (χ4v) is 4.88. The van der Waals surface area contributed by atoms with E-state index in [1.807, 2.05) is 26.1 Å². The number of carbonyl (C=O) groups excluding carboxylic acids is 2. The molecule has 2 amide bonds. The maximum Gasteiger partial charge on any atom is 0.409 e. The lowest BCUT2D eigenvalue weighted by atomic mass is 10.00. The van der Waals surface area contributed by atoms with Crippen molar-refractivity contribution >= 4 is 28.7 Å². The van der Waals surface area contributed by atoms with E-state index < -0.39 is 0 Å². The monoisotopic (exact) mass is 481 g/mol. The van der Waals surface area contributed by atoms with Crippen LogP contribution in [0.15, 0.2) is 40.8 Å². The fraction of sp³-hybridized carbons (Fsp3) is 0.385. The highest BCUT2D eigenvalue weighted by atomic mass is 19.1. The number of cyclic esters (lactones) is 1. The summed E-state index contributed by atoms with van der Waals surface area (Å²) in [5.41, 5.74) is 3.40. The third-order valence-electron chi connectivity index (χ3n) is 6.60. The fourth-order valence-electron chi connectivity index (χ4n) is 4.88. The first-order valence-corrected chi connectivity index (χ1v) is 11.7. The first-order chi connectivity index (χ1) is 16.9. The molecule has 8 nitrogen and oxygen atoms in total. The normalized spacial score (nSPS) is 20.4. The number of halogens is 1. The Hall–Kier alpha value is -3.59. The molecule has 3 heterocycles. The number of hydrogen-bond acceptors (Lipinski definition) is 6. The van der Waals surface area contributed by atoms with Gasteiger partial charge in [-0.15, -0.1) is 0 Å². The van der Waals surface area contributed by atoms with Gasteiger partial charge in [0.1, 0.15) is 17.2 Å². The van der Waals surface area contributed by atoms with Crippen molar-refractivity contribution in [3.05, 3.63) is 53.3 Å². The Kier molecular flexibility index (Phi) is 6.10. The van der Waals surface area contributed by atoms with E-state index in [9.17, 15) is 14.0 Å². The molecule has 184 valence electrons. The highest BCUT2D eigenvalue weighted by molar-refractivity contribution is 6.11. The van der Waals surface area contributed by atoms with Gasteiger partial charge >= 0.3 is 6.09 Å². The van der Waals surface area contributed by atoms with Crippen molar-refractivity contribution in [2.24, 2.45) is 0 Å². The maximum absolute atomic E-state index is 13.5. The minimum atomic E-state index is -0.363. The summed E-state index contributed by atoms with van der Waals surface area (Å²) >= 11 is 0. The molecule has 0 aliphatic carbocycles. The topological polar surface area (TPSA) is 84.2 Å². The third kappa shape index (κ3) is 4.32. The summed E-state index contributed by atoms with van der Waals surface area (Å²) in [6, 6.07) is 9.73. The third-order valence-corrected chi connectivity index (χ3v) is 6.60. The van der Waals surface area contributed by atoms with Gasteiger partial charge < -0.3 is 29.0 Å². The zero-order valence-corrected chi connectivity index (χ0v) is 20.0. The van der Waals surface area contributed by atoms with Gasteiger partial charge in [0, 0.05) is 55.5 Å². The minimum Gasteiger partial charge on any atom is -0.455 e. The molecular formula is C26H28FN3O5. The van der Waals surface area contributed by atoms with E-state index in [-0.39, 0.29) is 30.0 Å². The van der Waals surface area contributed by atoms with E-state index in [0.29, 0.717) is 54.1 Å². The number of carbonyl (C=O) groups is 2. The second-order valence-electron chi connectivity index (χ2n) is 8.99. The standard InChI is InChI=1S/C26H28FN3O5/c1-15-19-11-20-22(35-24(23(20)25(31)28-2)16-5-7-17(27)8-6-16)12-21(19)29(3)13-18(34-15)14-30-9-4-10-33-26(30)32/h5-8,11-12,15,18H,4,9-10,13-14H2,1-3H3,(H,28,31)/t15-,18-/m0/s1. The number of nitrogens with one attached hydrogen (secondary N) is 1. The van der Waals surface area contributed by atoms with Crippen LogP contribution in [0.5, 0.6) is 0 Å². The largest absolute Gasteiger partial charge is 0.455 e. The number of amides is 2. The van der Waals surface area contributed by atoms with E-state index in [4.69, 9.17) is 13.9 Å². The number of hydrogen-bond donors (Lipinski definition) is 1. The molecule has 0 radical (unpaired) electrons. The van der Waals surface area contributed by atoms with Crippen molar-refractivity contribution < 1.29 is 27.9 Å². The van der Waals surface area contributed by atoms with Gasteiger partial charge in [-0.2, -0.15) is 0 Å². The van der Waals surface area contributed by atoms with Gasteiger partial charge in [0.05, 0.1) is 30.9 Å². The van der Waals surface area contributed by atoms with Crippen molar-refractivity contribution in [3.63, 3.8) is 0 Å². The summed E-state index contributed by atoms with van der Waals surface area (Å²) < 4.78 is 31.2. The van der Waals surface area contributed by atoms with Gasteiger partial charge in [0.25, 0.3) is 5.91 Å². The molecule has 1 N–H and O–H groups in total. The van der Waals surface area contributed by atoms with E-state index in [2.05, 4.69) is 10.2 Å². The number of nitrogens with zero attached hydrogens (tertiary/aromatic N) is 2. The number of ether oxygens (including phenoxy) is 2. The molecule has 1 fully saturated rings. The summed E-state index contributed by atoms with van der Waals surface area (Å²) in [6.07, 6.45) is -0.00329. The van der Waals surface area contributed by atoms with Gasteiger partial charge in [0.15, 0.2) is 0 Å². The molecule has 0 saturated carbocycles. The van der Waals surface area contributed by atoms with Gasteiger partial charge in [-0.05, 0) is 43.7 Å². The van der Waals surface area contributed by atoms with Crippen LogP contribution in [0, 0.1) is 5.82 Å². The zero-order chi connectivity index (χ0) is 24.7. The van der Waals surface area contributed by atoms with Crippen LogP contribution in [-0.2, 0) is 9.47 Å². The van der Waals surface area contributed by atoms with Crippen molar-refractivity contribution in [1.82, 2.24) is 10.2 Å². The highest BCUT2D eigenvalue weighted by Crippen LogP contribution is 2.41. The van der Waals surface area contributed by atoms with Crippen molar-refractivity contribution in [2.45, 2.75) is 25.6 Å². The van der Waals surface area contributed by atoms with Crippen LogP contribution < -0.4 is 10.2 Å². The first kappa shape index (κ1) is 23.2. The quantitative estimate of drug-likeness (QED) is 0.597. The molecule has 0 bridgehead atoms. The van der Waals surface area contributed by atoms with Crippen LogP contribution >= 0.6 is 0 Å². The summed E-state index contributed by atoms with van der Waals surface area (Å²) in [7, 11) is 3.53. The molecule has 2 aliphatic rings. The van der Waals surface area contributed by atoms with Gasteiger partial charge in [0.2, 0.25) is 0 Å². The van der Waals surface area contributed by atoms with Gasteiger partial charge in [-0.1, -0.05) is 0 Å². The van der Waals surface area contributed by atoms with Crippen LogP contribution in [-0.4, -0.2) is 63.3 Å². The van der Waals surface area contributed by atoms with Crippen LogP contribution in [0.3, 0.4) is 0 Å². The summed E-state index contributed by atoms with van der Waals surface area (Å²) in [4.78, 5) is 28.8. The second-order valence-corrected chi connectivity index (χ2v) is 8.99. The van der Waals surface area contributed by atoms with Gasteiger partial charge in [-0.3, -0.25) is 4.79 Å². The molecule has 0 spiro atoms. The Morgan fingerprint density at radius 3 is 2.71 bits per heavy atom. The number of likely N-dealkylation sites (N-methyl/N-ethyl adjacent to an activating group) is 1. The predicted molar refractivity (Wildman–Crippen MR) is 129 cm³/mol. The van der Waals surface area contributed by atoms with E-state index in [1.165, 1.54) is 12.1 Å². The highest BCUT2D eigenvalue weighted by Gasteiger charge is 2.31. The number of fused-ring (bicyclic) bond motifs is 2. The molecule has 2 aromatic carbocycles. The lowest BCUT2D eigenvalue weighted by Gasteiger charge is -2.31. The van der Waals surface area contributed by atoms with Gasteiger partial charge in [-0.25, -0.2) is 9.18 Å². The molecule has 9 heteroatoms. The average molecular weight is 482 g/mol. The van der Waals surface area contributed by atoms with Crippen LogP contribution in [0.4, 0.5) is 14.9 Å². The average Bonchev–Trinajstić information content (AvgIpc) is 3.17. The Balaban J connectivity index is 1.54. The number of furan rings is 1. The molecule has 35 heavy (non-hydrogen) atoms. The molecule has 1 aromatic heterocycles. The number of rotatable bonds is 4. The van der Waals surface area contributed by atoms with Crippen molar-refractivity contribution in [2.75, 3.05) is 45.2 Å². The second kappa shape index (κ2) is 9.22. The maximum atomic E-state index is 13.5. The van der Waals surface area contributed by atoms with Crippen LogP contribution in [0.25, 0.3) is 22.3 Å².